The second kappa shape index (κ2) is 7.12. The van der Waals surface area contributed by atoms with Gasteiger partial charge in [-0.15, -0.1) is 11.3 Å². The Morgan fingerprint density at radius 3 is 2.60 bits per heavy atom. The summed E-state index contributed by atoms with van der Waals surface area (Å²) in [5.74, 6) is 1.50. The van der Waals surface area contributed by atoms with Crippen LogP contribution < -0.4 is 0 Å². The lowest BCUT2D eigenvalue weighted by atomic mass is 9.67. The van der Waals surface area contributed by atoms with Crippen LogP contribution in [0.15, 0.2) is 46.3 Å². The molecule has 1 aliphatic carbocycles. The molecule has 0 spiro atoms. The standard InChI is InChI=1S/C21H24N2OS/c1-16-11-15-25-19(16)20-22-18(24-23-20)10-14-21(12-6-3-7-13-21)17-8-4-2-5-9-17/h2,4-5,8-9,11,15H,3,6-7,10,12-14H2,1H3. The van der Waals surface area contributed by atoms with Crippen molar-refractivity contribution in [2.75, 3.05) is 0 Å². The Bertz CT molecular complexity index is 815. The number of nitrogens with zero attached hydrogens (tertiary/aromatic N) is 2. The molecule has 25 heavy (non-hydrogen) atoms. The van der Waals surface area contributed by atoms with Crippen LogP contribution in [0.3, 0.4) is 0 Å². The van der Waals surface area contributed by atoms with Crippen LogP contribution in [0.2, 0.25) is 0 Å². The minimum absolute atomic E-state index is 0.271. The Kier molecular flexibility index (Phi) is 4.71. The van der Waals surface area contributed by atoms with Crippen molar-refractivity contribution in [2.24, 2.45) is 0 Å². The molecule has 3 aromatic rings. The third kappa shape index (κ3) is 3.40. The van der Waals surface area contributed by atoms with Crippen molar-refractivity contribution in [3.8, 4) is 10.7 Å². The molecule has 0 saturated heterocycles. The van der Waals surface area contributed by atoms with Gasteiger partial charge in [-0.25, -0.2) is 0 Å². The number of hydrogen-bond donors (Lipinski definition) is 0. The second-order valence-electron chi connectivity index (χ2n) is 7.15. The van der Waals surface area contributed by atoms with Crippen LogP contribution >= 0.6 is 11.3 Å². The summed E-state index contributed by atoms with van der Waals surface area (Å²) in [6, 6.07) is 13.1. The molecule has 0 amide bonds. The Hall–Kier alpha value is -1.94. The molecule has 0 N–H and O–H groups in total. The molecule has 1 aliphatic rings. The summed E-state index contributed by atoms with van der Waals surface area (Å²) in [5.41, 5.74) is 2.96. The number of benzene rings is 1. The molecule has 130 valence electrons. The van der Waals surface area contributed by atoms with Gasteiger partial charge in [0.25, 0.3) is 0 Å². The highest BCUT2D eigenvalue weighted by Gasteiger charge is 2.33. The van der Waals surface area contributed by atoms with Crippen LogP contribution in [-0.2, 0) is 11.8 Å². The van der Waals surface area contributed by atoms with E-state index in [0.29, 0.717) is 0 Å². The molecular weight excluding hydrogens is 328 g/mol. The highest BCUT2D eigenvalue weighted by Crippen LogP contribution is 2.43. The maximum Gasteiger partial charge on any atom is 0.227 e. The van der Waals surface area contributed by atoms with Gasteiger partial charge in [0.1, 0.15) is 0 Å². The molecule has 0 atom stereocenters. The molecule has 4 rings (SSSR count). The predicted octanol–water partition coefficient (Wildman–Crippen LogP) is 5.94. The van der Waals surface area contributed by atoms with E-state index in [9.17, 15) is 0 Å². The second-order valence-corrected chi connectivity index (χ2v) is 8.07. The molecule has 2 aromatic heterocycles. The third-order valence-corrected chi connectivity index (χ3v) is 6.56. The average molecular weight is 353 g/mol. The van der Waals surface area contributed by atoms with Crippen LogP contribution in [0, 0.1) is 6.92 Å². The zero-order chi connectivity index (χ0) is 17.1. The Morgan fingerprint density at radius 1 is 1.08 bits per heavy atom. The highest BCUT2D eigenvalue weighted by atomic mass is 32.1. The van der Waals surface area contributed by atoms with E-state index in [1.807, 2.05) is 0 Å². The van der Waals surface area contributed by atoms with Gasteiger partial charge in [0.2, 0.25) is 11.7 Å². The lowest BCUT2D eigenvalue weighted by Crippen LogP contribution is -2.29. The summed E-state index contributed by atoms with van der Waals surface area (Å²) in [6.07, 6.45) is 8.46. The van der Waals surface area contributed by atoms with Gasteiger partial charge in [-0.1, -0.05) is 54.8 Å². The van der Waals surface area contributed by atoms with Gasteiger partial charge in [-0.3, -0.25) is 0 Å². The maximum absolute atomic E-state index is 5.56. The van der Waals surface area contributed by atoms with Gasteiger partial charge in [-0.05, 0) is 54.2 Å². The normalized spacial score (nSPS) is 16.8. The zero-order valence-electron chi connectivity index (χ0n) is 14.7. The van der Waals surface area contributed by atoms with Gasteiger partial charge in [0.15, 0.2) is 0 Å². The van der Waals surface area contributed by atoms with Gasteiger partial charge in [-0.2, -0.15) is 4.98 Å². The maximum atomic E-state index is 5.56. The fourth-order valence-electron chi connectivity index (χ4n) is 4.10. The number of hydrogen-bond acceptors (Lipinski definition) is 4. The summed E-state index contributed by atoms with van der Waals surface area (Å²) in [5, 5.41) is 6.28. The van der Waals surface area contributed by atoms with Crippen LogP contribution in [-0.4, -0.2) is 10.1 Å². The average Bonchev–Trinajstić information content (AvgIpc) is 3.30. The van der Waals surface area contributed by atoms with E-state index < -0.39 is 0 Å². The van der Waals surface area contributed by atoms with Crippen molar-refractivity contribution in [2.45, 2.75) is 57.3 Å². The van der Waals surface area contributed by atoms with E-state index in [2.05, 4.69) is 58.8 Å². The molecule has 0 unspecified atom stereocenters. The number of aromatic nitrogens is 2. The number of aryl methyl sites for hydroxylation is 2. The minimum Gasteiger partial charge on any atom is -0.339 e. The van der Waals surface area contributed by atoms with Crippen molar-refractivity contribution in [1.82, 2.24) is 10.1 Å². The van der Waals surface area contributed by atoms with Crippen molar-refractivity contribution < 1.29 is 4.52 Å². The first-order chi connectivity index (χ1) is 12.3. The molecule has 1 fully saturated rings. The summed E-state index contributed by atoms with van der Waals surface area (Å²) < 4.78 is 5.56. The summed E-state index contributed by atoms with van der Waals surface area (Å²) in [6.45, 7) is 2.09. The largest absolute Gasteiger partial charge is 0.339 e. The first-order valence-electron chi connectivity index (χ1n) is 9.19. The van der Waals surface area contributed by atoms with E-state index in [1.165, 1.54) is 43.2 Å². The number of thiophene rings is 1. The fraction of sp³-hybridized carbons (Fsp3) is 0.429. The van der Waals surface area contributed by atoms with E-state index in [1.54, 1.807) is 11.3 Å². The van der Waals surface area contributed by atoms with Crippen molar-refractivity contribution in [1.29, 1.82) is 0 Å². The first kappa shape index (κ1) is 16.5. The molecule has 1 aromatic carbocycles. The van der Waals surface area contributed by atoms with Gasteiger partial charge in [0.05, 0.1) is 4.88 Å². The molecular formula is C21H24N2OS. The first-order valence-corrected chi connectivity index (χ1v) is 10.1. The van der Waals surface area contributed by atoms with Crippen molar-refractivity contribution >= 4 is 11.3 Å². The molecule has 2 heterocycles. The third-order valence-electron chi connectivity index (χ3n) is 5.55. The molecule has 4 heteroatoms. The van der Waals surface area contributed by atoms with Crippen LogP contribution in [0.25, 0.3) is 10.7 Å². The smallest absolute Gasteiger partial charge is 0.227 e. The van der Waals surface area contributed by atoms with E-state index >= 15 is 0 Å². The van der Waals surface area contributed by atoms with E-state index in [0.717, 1.165) is 29.4 Å². The monoisotopic (exact) mass is 352 g/mol. The summed E-state index contributed by atoms with van der Waals surface area (Å²) in [4.78, 5) is 5.77. The Morgan fingerprint density at radius 2 is 1.88 bits per heavy atom. The quantitative estimate of drug-likeness (QED) is 0.570. The highest BCUT2D eigenvalue weighted by molar-refractivity contribution is 7.13. The molecule has 0 aliphatic heterocycles. The fourth-order valence-corrected chi connectivity index (χ4v) is 4.95. The lowest BCUT2D eigenvalue weighted by Gasteiger charge is -2.38. The SMILES string of the molecule is Cc1ccsc1-c1noc(CCC2(c3ccccc3)CCCCC2)n1. The summed E-state index contributed by atoms with van der Waals surface area (Å²) in [7, 11) is 0. The van der Waals surface area contributed by atoms with Crippen molar-refractivity contribution in [3.05, 3.63) is 58.8 Å². The summed E-state index contributed by atoms with van der Waals surface area (Å²) >= 11 is 1.67. The van der Waals surface area contributed by atoms with Crippen molar-refractivity contribution in [3.63, 3.8) is 0 Å². The van der Waals surface area contributed by atoms with Gasteiger partial charge < -0.3 is 4.52 Å². The molecule has 1 saturated carbocycles. The molecule has 0 bridgehead atoms. The van der Waals surface area contributed by atoms with Gasteiger partial charge >= 0.3 is 0 Å². The lowest BCUT2D eigenvalue weighted by molar-refractivity contribution is 0.261. The molecule has 3 nitrogen and oxygen atoms in total. The Labute approximate surface area is 153 Å². The topological polar surface area (TPSA) is 38.9 Å². The van der Waals surface area contributed by atoms with E-state index in [4.69, 9.17) is 4.52 Å². The van der Waals surface area contributed by atoms with Crippen LogP contribution in [0.1, 0.15) is 55.5 Å². The van der Waals surface area contributed by atoms with Crippen LogP contribution in [0.5, 0.6) is 0 Å². The van der Waals surface area contributed by atoms with E-state index in [-0.39, 0.29) is 5.41 Å². The van der Waals surface area contributed by atoms with Gasteiger partial charge in [0, 0.05) is 6.42 Å². The minimum atomic E-state index is 0.271. The number of rotatable bonds is 5. The van der Waals surface area contributed by atoms with Crippen LogP contribution in [0.4, 0.5) is 0 Å². The zero-order valence-corrected chi connectivity index (χ0v) is 15.5. The molecule has 0 radical (unpaired) electrons. The Balaban J connectivity index is 1.52. The predicted molar refractivity (Wildman–Crippen MR) is 102 cm³/mol.